The minimum absolute atomic E-state index is 0.111. The van der Waals surface area contributed by atoms with Gasteiger partial charge in [-0.1, -0.05) is 18.2 Å². The molecule has 4 rings (SSSR count). The number of aromatic amines is 1. The molecule has 4 aromatic rings. The number of nitrogens with one attached hydrogen (secondary N) is 1. The molecule has 3 heterocycles. The summed E-state index contributed by atoms with van der Waals surface area (Å²) in [7, 11) is 0. The molecule has 1 N–H and O–H groups in total. The van der Waals surface area contributed by atoms with Crippen LogP contribution >= 0.6 is 12.2 Å². The molecule has 0 unspecified atom stereocenters. The fourth-order valence-electron chi connectivity index (χ4n) is 2.74. The third-order valence-electron chi connectivity index (χ3n) is 3.95. The summed E-state index contributed by atoms with van der Waals surface area (Å²) in [6.07, 6.45) is 5.63. The SMILES string of the molecule is O=c1c2ccccc2cnn1CCc1n[nH]c(=S)n1-c1cccnc1. The summed E-state index contributed by atoms with van der Waals surface area (Å²) in [6, 6.07) is 11.2. The zero-order valence-corrected chi connectivity index (χ0v) is 14.0. The van der Waals surface area contributed by atoms with E-state index in [1.165, 1.54) is 4.68 Å². The van der Waals surface area contributed by atoms with Gasteiger partial charge in [-0.3, -0.25) is 19.4 Å². The van der Waals surface area contributed by atoms with Gasteiger partial charge in [-0.2, -0.15) is 10.2 Å². The Hall–Kier alpha value is -3.13. The van der Waals surface area contributed by atoms with Crippen LogP contribution in [0.15, 0.2) is 59.8 Å². The quantitative estimate of drug-likeness (QED) is 0.571. The second-order valence-corrected chi connectivity index (χ2v) is 5.89. The van der Waals surface area contributed by atoms with Crippen LogP contribution in [-0.4, -0.2) is 29.5 Å². The summed E-state index contributed by atoms with van der Waals surface area (Å²) in [4.78, 5) is 16.7. The number of aromatic nitrogens is 6. The van der Waals surface area contributed by atoms with Crippen LogP contribution in [0, 0.1) is 4.77 Å². The van der Waals surface area contributed by atoms with Crippen LogP contribution in [0.2, 0.25) is 0 Å². The Bertz CT molecular complexity index is 1140. The highest BCUT2D eigenvalue weighted by Gasteiger charge is 2.10. The number of pyridine rings is 1. The van der Waals surface area contributed by atoms with Gasteiger partial charge in [0.1, 0.15) is 5.82 Å². The van der Waals surface area contributed by atoms with Crippen molar-refractivity contribution in [1.29, 1.82) is 0 Å². The van der Waals surface area contributed by atoms with E-state index in [9.17, 15) is 4.79 Å². The third-order valence-corrected chi connectivity index (χ3v) is 4.23. The first-order valence-corrected chi connectivity index (χ1v) is 8.16. The first kappa shape index (κ1) is 15.4. The number of rotatable bonds is 4. The average molecular weight is 350 g/mol. The molecule has 0 fully saturated rings. The van der Waals surface area contributed by atoms with E-state index in [-0.39, 0.29) is 5.56 Å². The number of fused-ring (bicyclic) bond motifs is 1. The van der Waals surface area contributed by atoms with E-state index in [1.54, 1.807) is 18.6 Å². The normalized spacial score (nSPS) is 11.0. The predicted octanol–water partition coefficient (Wildman–Crippen LogP) is 2.28. The van der Waals surface area contributed by atoms with Crippen molar-refractivity contribution in [2.24, 2.45) is 0 Å². The smallest absolute Gasteiger partial charge is 0.271 e. The molecule has 0 radical (unpaired) electrons. The first-order valence-electron chi connectivity index (χ1n) is 7.75. The van der Waals surface area contributed by atoms with Gasteiger partial charge in [0, 0.05) is 18.0 Å². The van der Waals surface area contributed by atoms with Gasteiger partial charge >= 0.3 is 0 Å². The molecule has 0 aliphatic carbocycles. The molecule has 0 aliphatic heterocycles. The van der Waals surface area contributed by atoms with E-state index >= 15 is 0 Å². The van der Waals surface area contributed by atoms with Gasteiger partial charge in [-0.25, -0.2) is 4.68 Å². The van der Waals surface area contributed by atoms with Gasteiger partial charge in [0.05, 0.1) is 30.0 Å². The number of benzene rings is 1. The predicted molar refractivity (Wildman–Crippen MR) is 96.3 cm³/mol. The van der Waals surface area contributed by atoms with E-state index in [2.05, 4.69) is 20.3 Å². The molecular formula is C17H14N6OS. The lowest BCUT2D eigenvalue weighted by atomic mass is 10.2. The highest BCUT2D eigenvalue weighted by atomic mass is 32.1. The number of nitrogens with zero attached hydrogens (tertiary/aromatic N) is 5. The van der Waals surface area contributed by atoms with Gasteiger partial charge in [0.2, 0.25) is 0 Å². The summed E-state index contributed by atoms with van der Waals surface area (Å²) >= 11 is 5.31. The van der Waals surface area contributed by atoms with Crippen LogP contribution in [0.3, 0.4) is 0 Å². The number of H-pyrrole nitrogens is 1. The van der Waals surface area contributed by atoms with Gasteiger partial charge in [-0.15, -0.1) is 0 Å². The fraction of sp³-hybridized carbons (Fsp3) is 0.118. The molecular weight excluding hydrogens is 336 g/mol. The molecule has 3 aromatic heterocycles. The lowest BCUT2D eigenvalue weighted by Crippen LogP contribution is -2.24. The topological polar surface area (TPSA) is 81.4 Å². The summed E-state index contributed by atoms with van der Waals surface area (Å²) in [6.45, 7) is 0.406. The highest BCUT2D eigenvalue weighted by molar-refractivity contribution is 7.71. The number of hydrogen-bond acceptors (Lipinski definition) is 5. The molecule has 124 valence electrons. The van der Waals surface area contributed by atoms with E-state index in [1.807, 2.05) is 41.0 Å². The molecule has 8 heteroatoms. The van der Waals surface area contributed by atoms with Crippen LogP contribution in [0.5, 0.6) is 0 Å². The van der Waals surface area contributed by atoms with Crippen LogP contribution in [0.25, 0.3) is 16.5 Å². The van der Waals surface area contributed by atoms with Crippen molar-refractivity contribution < 1.29 is 0 Å². The van der Waals surface area contributed by atoms with E-state index in [4.69, 9.17) is 12.2 Å². The molecule has 1 aromatic carbocycles. The van der Waals surface area contributed by atoms with Crippen LogP contribution in [0.1, 0.15) is 5.82 Å². The maximum atomic E-state index is 12.5. The van der Waals surface area contributed by atoms with Crippen molar-refractivity contribution in [1.82, 2.24) is 29.5 Å². The minimum Gasteiger partial charge on any atom is -0.271 e. The molecule has 25 heavy (non-hydrogen) atoms. The van der Waals surface area contributed by atoms with Gasteiger partial charge in [-0.05, 0) is 30.4 Å². The van der Waals surface area contributed by atoms with Gasteiger partial charge in [0.25, 0.3) is 5.56 Å². The Morgan fingerprint density at radius 3 is 2.84 bits per heavy atom. The summed E-state index contributed by atoms with van der Waals surface area (Å²) in [5.74, 6) is 0.722. The van der Waals surface area contributed by atoms with E-state index in [0.717, 1.165) is 16.9 Å². The van der Waals surface area contributed by atoms with Crippen molar-refractivity contribution in [3.05, 3.63) is 75.9 Å². The van der Waals surface area contributed by atoms with Crippen LogP contribution in [0.4, 0.5) is 0 Å². The molecule has 0 atom stereocenters. The number of hydrogen-bond donors (Lipinski definition) is 1. The first-order chi connectivity index (χ1) is 12.2. The molecule has 0 spiro atoms. The average Bonchev–Trinajstić information content (AvgIpc) is 3.03. The Balaban J connectivity index is 1.66. The highest BCUT2D eigenvalue weighted by Crippen LogP contribution is 2.11. The maximum absolute atomic E-state index is 12.5. The van der Waals surface area contributed by atoms with Crippen LogP contribution in [-0.2, 0) is 13.0 Å². The van der Waals surface area contributed by atoms with Crippen LogP contribution < -0.4 is 5.56 Å². The lowest BCUT2D eigenvalue weighted by Gasteiger charge is -2.08. The van der Waals surface area contributed by atoms with Crippen molar-refractivity contribution >= 4 is 23.0 Å². The van der Waals surface area contributed by atoms with Crippen molar-refractivity contribution in [2.45, 2.75) is 13.0 Å². The molecule has 0 aliphatic rings. The van der Waals surface area contributed by atoms with E-state index in [0.29, 0.717) is 23.1 Å². The molecule has 0 bridgehead atoms. The second kappa shape index (κ2) is 6.40. The summed E-state index contributed by atoms with van der Waals surface area (Å²) < 4.78 is 3.75. The van der Waals surface area contributed by atoms with Crippen molar-refractivity contribution in [3.63, 3.8) is 0 Å². The molecule has 0 amide bonds. The Morgan fingerprint density at radius 2 is 2.00 bits per heavy atom. The molecule has 0 saturated heterocycles. The second-order valence-electron chi connectivity index (χ2n) is 5.50. The van der Waals surface area contributed by atoms with Gasteiger partial charge in [0.15, 0.2) is 4.77 Å². The van der Waals surface area contributed by atoms with Crippen molar-refractivity contribution in [3.8, 4) is 5.69 Å². The summed E-state index contributed by atoms with van der Waals surface area (Å²) in [5, 5.41) is 12.8. The minimum atomic E-state index is -0.111. The number of aryl methyl sites for hydroxylation is 2. The molecule has 7 nitrogen and oxygen atoms in total. The largest absolute Gasteiger partial charge is 0.274 e. The van der Waals surface area contributed by atoms with Crippen molar-refractivity contribution in [2.75, 3.05) is 0 Å². The lowest BCUT2D eigenvalue weighted by molar-refractivity contribution is 0.568. The molecule has 0 saturated carbocycles. The third kappa shape index (κ3) is 2.87. The summed E-state index contributed by atoms with van der Waals surface area (Å²) in [5.41, 5.74) is 0.718. The Labute approximate surface area is 147 Å². The van der Waals surface area contributed by atoms with Gasteiger partial charge < -0.3 is 0 Å². The standard InChI is InChI=1S/C17H14N6OS/c24-16-14-6-2-1-4-12(14)10-19-22(16)9-7-15-20-21-17(25)23(15)13-5-3-8-18-11-13/h1-6,8,10-11H,7,9H2,(H,21,25). The zero-order chi connectivity index (χ0) is 17.2. The maximum Gasteiger partial charge on any atom is 0.274 e. The van der Waals surface area contributed by atoms with E-state index < -0.39 is 0 Å². The fourth-order valence-corrected chi connectivity index (χ4v) is 3.00. The monoisotopic (exact) mass is 350 g/mol. The zero-order valence-electron chi connectivity index (χ0n) is 13.2. The Morgan fingerprint density at radius 1 is 1.12 bits per heavy atom. The Kier molecular flexibility index (Phi) is 3.95.